The van der Waals surface area contributed by atoms with Crippen LogP contribution in [-0.4, -0.2) is 46.4 Å². The molecule has 0 bridgehead atoms. The van der Waals surface area contributed by atoms with E-state index in [-0.39, 0.29) is 11.3 Å². The largest absolute Gasteiger partial charge is 0.508 e. The van der Waals surface area contributed by atoms with Gasteiger partial charge in [-0.15, -0.1) is 0 Å². The second-order valence-corrected chi connectivity index (χ2v) is 8.58. The molecule has 2 amide bonds. The molecule has 0 unspecified atom stereocenters. The van der Waals surface area contributed by atoms with Crippen LogP contribution in [0.3, 0.4) is 0 Å². The maximum Gasteiger partial charge on any atom is 0.408 e. The van der Waals surface area contributed by atoms with Crippen LogP contribution in [0.25, 0.3) is 11.1 Å². The number of carboxylic acids is 1. The molecule has 0 aromatic heterocycles. The zero-order valence-electron chi connectivity index (χ0n) is 19.1. The summed E-state index contributed by atoms with van der Waals surface area (Å²) in [6.45, 7) is 5.65. The molecule has 0 spiro atoms. The number of nitrogens with one attached hydrogen (secondary N) is 2. The summed E-state index contributed by atoms with van der Waals surface area (Å²) < 4.78 is 5.26. The van der Waals surface area contributed by atoms with Crippen LogP contribution in [0.5, 0.6) is 5.75 Å². The first-order valence-electron chi connectivity index (χ1n) is 10.7. The van der Waals surface area contributed by atoms with E-state index in [1.54, 1.807) is 32.9 Å². The van der Waals surface area contributed by atoms with Crippen LogP contribution in [0, 0.1) is 0 Å². The maximum absolute atomic E-state index is 13.0. The van der Waals surface area contributed by atoms with Gasteiger partial charge >= 0.3 is 12.1 Å². The van der Waals surface area contributed by atoms with Crippen molar-refractivity contribution in [2.75, 3.05) is 11.9 Å². The number of phenolic OH excluding ortho intramolecular Hbond substituents is 1. The summed E-state index contributed by atoms with van der Waals surface area (Å²) in [5, 5.41) is 24.4. The van der Waals surface area contributed by atoms with E-state index in [1.165, 1.54) is 30.3 Å². The molecule has 178 valence electrons. The number of carbonyl (C=O) groups excluding carboxylic acids is 2. The normalized spacial score (nSPS) is 12.0. The van der Waals surface area contributed by atoms with Crippen LogP contribution in [0.1, 0.15) is 50.4 Å². The number of carboxylic acid groups (broad SMARTS) is 1. The third kappa shape index (κ3) is 8.12. The summed E-state index contributed by atoms with van der Waals surface area (Å²) in [7, 11) is 0. The zero-order valence-corrected chi connectivity index (χ0v) is 19.1. The summed E-state index contributed by atoms with van der Waals surface area (Å²) in [6, 6.07) is 9.63. The number of anilines is 1. The molecule has 0 heterocycles. The summed E-state index contributed by atoms with van der Waals surface area (Å²) in [5.74, 6) is -1.53. The average Bonchev–Trinajstić information content (AvgIpc) is 2.72. The van der Waals surface area contributed by atoms with Gasteiger partial charge < -0.3 is 31.3 Å². The molecule has 9 nitrogen and oxygen atoms in total. The fourth-order valence-corrected chi connectivity index (χ4v) is 3.13. The van der Waals surface area contributed by atoms with E-state index in [2.05, 4.69) is 10.6 Å². The fraction of sp³-hybridized carbons (Fsp3) is 0.375. The number of nitrogens with two attached hydrogens (primary N) is 1. The first-order valence-corrected chi connectivity index (χ1v) is 10.7. The van der Waals surface area contributed by atoms with Gasteiger partial charge in [0.15, 0.2) is 0 Å². The molecule has 2 aromatic carbocycles. The Morgan fingerprint density at radius 2 is 1.73 bits per heavy atom. The lowest BCUT2D eigenvalue weighted by Gasteiger charge is -2.23. The number of aromatic carboxylic acids is 1. The minimum atomic E-state index is -1.12. The Balaban J connectivity index is 2.26. The predicted octanol–water partition coefficient (Wildman–Crippen LogP) is 3.72. The molecule has 0 aliphatic heterocycles. The van der Waals surface area contributed by atoms with Gasteiger partial charge in [-0.2, -0.15) is 0 Å². The molecule has 0 aliphatic rings. The highest BCUT2D eigenvalue weighted by molar-refractivity contribution is 6.00. The molecular formula is C24H31N3O6. The third-order valence-electron chi connectivity index (χ3n) is 4.65. The molecule has 6 N–H and O–H groups in total. The standard InChI is InChI=1S/C24H31N3O6/c1-24(2,3)33-23(32)27-20(6-4-5-13-25)21(29)26-16-9-12-18(22(30)31)19(14-16)15-7-10-17(28)11-8-15/h7-12,14,20,28H,4-6,13,25H2,1-3H3,(H,26,29)(H,27,32)(H,30,31)/t20-/m1/s1. The molecule has 0 radical (unpaired) electrons. The van der Waals surface area contributed by atoms with Gasteiger partial charge in [0, 0.05) is 5.69 Å². The van der Waals surface area contributed by atoms with Crippen LogP contribution < -0.4 is 16.4 Å². The highest BCUT2D eigenvalue weighted by Crippen LogP contribution is 2.29. The minimum absolute atomic E-state index is 0.0464. The molecular weight excluding hydrogens is 426 g/mol. The molecule has 33 heavy (non-hydrogen) atoms. The van der Waals surface area contributed by atoms with Crippen LogP contribution in [0.15, 0.2) is 42.5 Å². The van der Waals surface area contributed by atoms with E-state index in [0.717, 1.165) is 0 Å². The number of carbonyl (C=O) groups is 3. The number of ether oxygens (including phenoxy) is 1. The predicted molar refractivity (Wildman–Crippen MR) is 125 cm³/mol. The van der Waals surface area contributed by atoms with Crippen molar-refractivity contribution in [2.45, 2.75) is 51.7 Å². The average molecular weight is 458 g/mol. The summed E-state index contributed by atoms with van der Waals surface area (Å²) in [5.41, 5.74) is 6.18. The SMILES string of the molecule is CC(C)(C)OC(=O)N[C@H](CCCCN)C(=O)Nc1ccc(C(=O)O)c(-c2ccc(O)cc2)c1. The molecule has 1 atom stereocenters. The number of hydrogen-bond donors (Lipinski definition) is 5. The number of alkyl carbamates (subject to hydrolysis) is 1. The lowest BCUT2D eigenvalue weighted by Crippen LogP contribution is -2.45. The third-order valence-corrected chi connectivity index (χ3v) is 4.65. The first-order chi connectivity index (χ1) is 15.5. The molecule has 0 aliphatic carbocycles. The number of rotatable bonds is 9. The van der Waals surface area contributed by atoms with Crippen molar-refractivity contribution in [2.24, 2.45) is 5.73 Å². The van der Waals surface area contributed by atoms with Gasteiger partial charge in [0.2, 0.25) is 5.91 Å². The summed E-state index contributed by atoms with van der Waals surface area (Å²) in [4.78, 5) is 36.9. The fourth-order valence-electron chi connectivity index (χ4n) is 3.13. The molecule has 0 fully saturated rings. The molecule has 0 saturated heterocycles. The lowest BCUT2D eigenvalue weighted by atomic mass is 9.98. The van der Waals surface area contributed by atoms with Crippen molar-refractivity contribution in [1.82, 2.24) is 5.32 Å². The quantitative estimate of drug-likeness (QED) is 0.360. The Morgan fingerprint density at radius 1 is 1.06 bits per heavy atom. The number of unbranched alkanes of at least 4 members (excludes halogenated alkanes) is 1. The zero-order chi connectivity index (χ0) is 24.6. The van der Waals surface area contributed by atoms with E-state index in [4.69, 9.17) is 10.5 Å². The number of phenols is 1. The minimum Gasteiger partial charge on any atom is -0.508 e. The van der Waals surface area contributed by atoms with E-state index >= 15 is 0 Å². The highest BCUT2D eigenvalue weighted by Gasteiger charge is 2.24. The first kappa shape index (κ1) is 25.7. The molecule has 0 saturated carbocycles. The number of hydrogen-bond acceptors (Lipinski definition) is 6. The number of amides is 2. The number of benzene rings is 2. The molecule has 2 aromatic rings. The van der Waals surface area contributed by atoms with Crippen LogP contribution in [-0.2, 0) is 9.53 Å². The second kappa shape index (κ2) is 11.3. The van der Waals surface area contributed by atoms with E-state index in [1.807, 2.05) is 0 Å². The Hall–Kier alpha value is -3.59. The molecule has 9 heteroatoms. The van der Waals surface area contributed by atoms with Crippen molar-refractivity contribution < 1.29 is 29.3 Å². The van der Waals surface area contributed by atoms with Crippen molar-refractivity contribution in [3.05, 3.63) is 48.0 Å². The van der Waals surface area contributed by atoms with Crippen molar-refractivity contribution in [3.63, 3.8) is 0 Å². The van der Waals surface area contributed by atoms with E-state index in [0.29, 0.717) is 42.6 Å². The number of aromatic hydroxyl groups is 1. The van der Waals surface area contributed by atoms with E-state index in [9.17, 15) is 24.6 Å². The second-order valence-electron chi connectivity index (χ2n) is 8.58. The smallest absolute Gasteiger partial charge is 0.408 e. The van der Waals surface area contributed by atoms with Crippen LogP contribution >= 0.6 is 0 Å². The molecule has 2 rings (SSSR count). The van der Waals surface area contributed by atoms with Gasteiger partial charge in [-0.05, 0) is 88.0 Å². The van der Waals surface area contributed by atoms with Gasteiger partial charge in [0.05, 0.1) is 5.56 Å². The van der Waals surface area contributed by atoms with Gasteiger partial charge in [-0.25, -0.2) is 9.59 Å². The summed E-state index contributed by atoms with van der Waals surface area (Å²) >= 11 is 0. The monoisotopic (exact) mass is 457 g/mol. The topological polar surface area (TPSA) is 151 Å². The van der Waals surface area contributed by atoms with Crippen molar-refractivity contribution in [1.29, 1.82) is 0 Å². The Morgan fingerprint density at radius 3 is 2.30 bits per heavy atom. The van der Waals surface area contributed by atoms with Crippen molar-refractivity contribution >= 4 is 23.7 Å². The van der Waals surface area contributed by atoms with Crippen LogP contribution in [0.4, 0.5) is 10.5 Å². The summed E-state index contributed by atoms with van der Waals surface area (Å²) in [6.07, 6.45) is 0.973. The Labute approximate surface area is 192 Å². The van der Waals surface area contributed by atoms with Gasteiger partial charge in [0.1, 0.15) is 17.4 Å². The maximum atomic E-state index is 13.0. The Kier molecular flexibility index (Phi) is 8.81. The van der Waals surface area contributed by atoms with Crippen molar-refractivity contribution in [3.8, 4) is 16.9 Å². The van der Waals surface area contributed by atoms with Gasteiger partial charge in [0.25, 0.3) is 0 Å². The van der Waals surface area contributed by atoms with Gasteiger partial charge in [-0.3, -0.25) is 4.79 Å². The lowest BCUT2D eigenvalue weighted by molar-refractivity contribution is -0.118. The highest BCUT2D eigenvalue weighted by atomic mass is 16.6. The van der Waals surface area contributed by atoms with E-state index < -0.39 is 29.6 Å². The van der Waals surface area contributed by atoms with Crippen LogP contribution in [0.2, 0.25) is 0 Å². The Bertz CT molecular complexity index is 983. The van der Waals surface area contributed by atoms with Gasteiger partial charge in [-0.1, -0.05) is 12.1 Å².